The van der Waals surface area contributed by atoms with Crippen LogP contribution in [-0.4, -0.2) is 16.3 Å². The molecule has 1 rings (SSSR count). The molecule has 0 bridgehead atoms. The summed E-state index contributed by atoms with van der Waals surface area (Å²) in [6.07, 6.45) is 10.9. The van der Waals surface area contributed by atoms with E-state index in [1.165, 1.54) is 37.7 Å². The van der Waals surface area contributed by atoms with Crippen LogP contribution in [-0.2, 0) is 6.54 Å². The molecule has 0 spiro atoms. The molecule has 3 heteroatoms. The predicted octanol–water partition coefficient (Wildman–Crippen LogP) is 4.16. The fraction of sp³-hybridized carbons (Fsp3) is 0.812. The van der Waals surface area contributed by atoms with Crippen LogP contribution < -0.4 is 5.32 Å². The molecule has 1 aromatic heterocycles. The van der Waals surface area contributed by atoms with Gasteiger partial charge < -0.3 is 5.32 Å². The van der Waals surface area contributed by atoms with Crippen LogP contribution in [0.3, 0.4) is 0 Å². The maximum absolute atomic E-state index is 4.32. The lowest BCUT2D eigenvalue weighted by Gasteiger charge is -2.11. The maximum atomic E-state index is 4.32. The fourth-order valence-corrected chi connectivity index (χ4v) is 2.24. The Morgan fingerprint density at radius 2 is 1.89 bits per heavy atom. The van der Waals surface area contributed by atoms with Crippen molar-refractivity contribution in [1.29, 1.82) is 0 Å². The Kier molecular flexibility index (Phi) is 7.80. The number of aromatic nitrogens is 2. The van der Waals surface area contributed by atoms with Gasteiger partial charge in [-0.05, 0) is 32.7 Å². The van der Waals surface area contributed by atoms with Crippen LogP contribution in [0.25, 0.3) is 0 Å². The van der Waals surface area contributed by atoms with E-state index >= 15 is 0 Å². The van der Waals surface area contributed by atoms with Gasteiger partial charge in [-0.3, -0.25) is 4.68 Å². The maximum Gasteiger partial charge on any atom is 0.0537 e. The first-order valence-electron chi connectivity index (χ1n) is 7.89. The number of nitrogens with one attached hydrogen (secondary N) is 1. The molecule has 19 heavy (non-hydrogen) atoms. The summed E-state index contributed by atoms with van der Waals surface area (Å²) < 4.78 is 1.99. The molecule has 0 saturated carbocycles. The van der Waals surface area contributed by atoms with E-state index in [9.17, 15) is 0 Å². The summed E-state index contributed by atoms with van der Waals surface area (Å²) >= 11 is 0. The number of hydrogen-bond donors (Lipinski definition) is 1. The number of aryl methyl sites for hydroxylation is 1. The van der Waals surface area contributed by atoms with Gasteiger partial charge in [0.25, 0.3) is 0 Å². The van der Waals surface area contributed by atoms with Crippen LogP contribution in [0.4, 0.5) is 0 Å². The average Bonchev–Trinajstić information content (AvgIpc) is 2.85. The van der Waals surface area contributed by atoms with Gasteiger partial charge in [-0.1, -0.05) is 39.5 Å². The van der Waals surface area contributed by atoms with Crippen LogP contribution in [0.15, 0.2) is 12.4 Å². The van der Waals surface area contributed by atoms with E-state index in [1.54, 1.807) is 0 Å². The summed E-state index contributed by atoms with van der Waals surface area (Å²) in [5, 5.41) is 7.90. The predicted molar refractivity (Wildman–Crippen MR) is 82.2 cm³/mol. The minimum Gasteiger partial charge on any atom is -0.310 e. The molecular formula is C16H31N3. The van der Waals surface area contributed by atoms with E-state index in [0.717, 1.165) is 19.0 Å². The third-order valence-electron chi connectivity index (χ3n) is 3.64. The molecular weight excluding hydrogens is 234 g/mol. The molecule has 3 nitrogen and oxygen atoms in total. The Balaban J connectivity index is 2.05. The molecule has 0 fully saturated rings. The lowest BCUT2D eigenvalue weighted by molar-refractivity contribution is 0.498. The van der Waals surface area contributed by atoms with E-state index in [1.807, 2.05) is 10.9 Å². The van der Waals surface area contributed by atoms with Crippen LogP contribution >= 0.6 is 0 Å². The van der Waals surface area contributed by atoms with E-state index in [4.69, 9.17) is 0 Å². The number of rotatable bonds is 10. The van der Waals surface area contributed by atoms with E-state index in [0.29, 0.717) is 6.04 Å². The Hall–Kier alpha value is -0.830. The van der Waals surface area contributed by atoms with Crippen molar-refractivity contribution in [2.75, 3.05) is 6.54 Å². The Morgan fingerprint density at radius 3 is 2.53 bits per heavy atom. The van der Waals surface area contributed by atoms with Crippen molar-refractivity contribution in [1.82, 2.24) is 15.1 Å². The molecule has 0 aliphatic heterocycles. The molecule has 0 amide bonds. The van der Waals surface area contributed by atoms with Gasteiger partial charge in [-0.2, -0.15) is 5.10 Å². The third-order valence-corrected chi connectivity index (χ3v) is 3.64. The van der Waals surface area contributed by atoms with Gasteiger partial charge in [0.05, 0.1) is 6.20 Å². The molecule has 1 heterocycles. The van der Waals surface area contributed by atoms with Gasteiger partial charge >= 0.3 is 0 Å². The highest BCUT2D eigenvalue weighted by atomic mass is 15.3. The first-order chi connectivity index (χ1) is 9.13. The van der Waals surface area contributed by atoms with Gasteiger partial charge in [-0.25, -0.2) is 0 Å². The van der Waals surface area contributed by atoms with Crippen molar-refractivity contribution in [2.45, 2.75) is 72.4 Å². The minimum atomic E-state index is 0.413. The Labute approximate surface area is 118 Å². The molecule has 1 atom stereocenters. The van der Waals surface area contributed by atoms with Gasteiger partial charge in [0.15, 0.2) is 0 Å². The molecule has 1 N–H and O–H groups in total. The molecule has 110 valence electrons. The van der Waals surface area contributed by atoms with E-state index in [-0.39, 0.29) is 0 Å². The minimum absolute atomic E-state index is 0.413. The molecule has 0 aromatic carbocycles. The van der Waals surface area contributed by atoms with Crippen molar-refractivity contribution < 1.29 is 0 Å². The number of hydrogen-bond acceptors (Lipinski definition) is 2. The van der Waals surface area contributed by atoms with Crippen LogP contribution in [0, 0.1) is 5.92 Å². The van der Waals surface area contributed by atoms with Crippen molar-refractivity contribution in [3.63, 3.8) is 0 Å². The summed E-state index contributed by atoms with van der Waals surface area (Å²) in [7, 11) is 0. The van der Waals surface area contributed by atoms with E-state index in [2.05, 4.69) is 44.3 Å². The molecule has 0 aliphatic rings. The normalized spacial score (nSPS) is 13.1. The fourth-order valence-electron chi connectivity index (χ4n) is 2.24. The molecule has 0 aliphatic carbocycles. The van der Waals surface area contributed by atoms with Crippen molar-refractivity contribution in [2.24, 2.45) is 5.92 Å². The zero-order valence-electron chi connectivity index (χ0n) is 13.2. The molecule has 1 unspecified atom stereocenters. The summed E-state index contributed by atoms with van der Waals surface area (Å²) in [5.41, 5.74) is 1.29. The largest absolute Gasteiger partial charge is 0.310 e. The SMILES string of the molecule is CCn1cc(C(C)NCCCCCCC(C)C)cn1. The topological polar surface area (TPSA) is 29.9 Å². The molecule has 0 radical (unpaired) electrons. The summed E-state index contributed by atoms with van der Waals surface area (Å²) in [5.74, 6) is 0.855. The average molecular weight is 265 g/mol. The highest BCUT2D eigenvalue weighted by Gasteiger charge is 2.06. The smallest absolute Gasteiger partial charge is 0.0537 e. The van der Waals surface area contributed by atoms with Gasteiger partial charge in [0.1, 0.15) is 0 Å². The Morgan fingerprint density at radius 1 is 1.16 bits per heavy atom. The number of unbranched alkanes of at least 4 members (excludes halogenated alkanes) is 3. The standard InChI is InChI=1S/C16H31N3/c1-5-19-13-16(12-18-19)15(4)17-11-9-7-6-8-10-14(2)3/h12-15,17H,5-11H2,1-4H3. The van der Waals surface area contributed by atoms with Gasteiger partial charge in [0, 0.05) is 24.3 Å². The second-order valence-corrected chi connectivity index (χ2v) is 5.90. The summed E-state index contributed by atoms with van der Waals surface area (Å²) in [4.78, 5) is 0. The van der Waals surface area contributed by atoms with Crippen LogP contribution in [0.1, 0.15) is 71.4 Å². The molecule has 0 saturated heterocycles. The highest BCUT2D eigenvalue weighted by Crippen LogP contribution is 2.12. The van der Waals surface area contributed by atoms with Crippen molar-refractivity contribution >= 4 is 0 Å². The first kappa shape index (κ1) is 16.2. The first-order valence-corrected chi connectivity index (χ1v) is 7.89. The number of nitrogens with zero attached hydrogens (tertiary/aromatic N) is 2. The lowest BCUT2D eigenvalue weighted by Crippen LogP contribution is -2.19. The second-order valence-electron chi connectivity index (χ2n) is 5.90. The zero-order chi connectivity index (χ0) is 14.1. The van der Waals surface area contributed by atoms with Crippen LogP contribution in [0.2, 0.25) is 0 Å². The summed E-state index contributed by atoms with van der Waals surface area (Å²) in [6.45, 7) is 11.0. The zero-order valence-corrected chi connectivity index (χ0v) is 13.2. The van der Waals surface area contributed by atoms with Crippen molar-refractivity contribution in [3.05, 3.63) is 18.0 Å². The lowest BCUT2D eigenvalue weighted by atomic mass is 10.0. The van der Waals surface area contributed by atoms with Crippen molar-refractivity contribution in [3.8, 4) is 0 Å². The Bertz CT molecular complexity index is 330. The van der Waals surface area contributed by atoms with Crippen LogP contribution in [0.5, 0.6) is 0 Å². The highest BCUT2D eigenvalue weighted by molar-refractivity contribution is 5.08. The quantitative estimate of drug-likeness (QED) is 0.644. The van der Waals surface area contributed by atoms with Gasteiger partial charge in [-0.15, -0.1) is 0 Å². The third kappa shape index (κ3) is 6.76. The summed E-state index contributed by atoms with van der Waals surface area (Å²) in [6, 6.07) is 0.413. The van der Waals surface area contributed by atoms with Gasteiger partial charge in [0.2, 0.25) is 0 Å². The monoisotopic (exact) mass is 265 g/mol. The molecule has 1 aromatic rings. The second kappa shape index (κ2) is 9.13. The van der Waals surface area contributed by atoms with E-state index < -0.39 is 0 Å².